The Balaban J connectivity index is 1.92. The zero-order chi connectivity index (χ0) is 50.6. The van der Waals surface area contributed by atoms with Crippen molar-refractivity contribution >= 4 is 11.9 Å². The summed E-state index contributed by atoms with van der Waals surface area (Å²) in [6.07, 6.45) is 3.79. The molecule has 2 fully saturated rings. The number of fused-ring (bicyclic) bond motifs is 2. The average Bonchev–Trinajstić information content (AvgIpc) is 3.27. The van der Waals surface area contributed by atoms with Crippen LogP contribution in [0.4, 0.5) is 0 Å². The van der Waals surface area contributed by atoms with Gasteiger partial charge in [-0.1, -0.05) is 104 Å². The van der Waals surface area contributed by atoms with Gasteiger partial charge in [0.15, 0.2) is 12.1 Å². The summed E-state index contributed by atoms with van der Waals surface area (Å²) in [4.78, 5) is 28.0. The van der Waals surface area contributed by atoms with Crippen molar-refractivity contribution in [3.05, 3.63) is 95.5 Å². The molecule has 0 aromatic carbocycles. The van der Waals surface area contributed by atoms with Crippen LogP contribution < -0.4 is 0 Å². The maximum absolute atomic E-state index is 12.7. The van der Waals surface area contributed by atoms with Gasteiger partial charge in [-0.2, -0.15) is 0 Å². The van der Waals surface area contributed by atoms with Crippen LogP contribution in [0.5, 0.6) is 0 Å². The molecule has 10 N–H and O–H groups in total. The van der Waals surface area contributed by atoms with Gasteiger partial charge in [0, 0.05) is 49.5 Å². The molecule has 1 unspecified atom stereocenters. The third-order valence-electron chi connectivity index (χ3n) is 12.5. The maximum Gasteiger partial charge on any atom is 0.311 e. The fourth-order valence-corrected chi connectivity index (χ4v) is 8.30. The Hall–Kier alpha value is -4.09. The number of nitrogens with zero attached hydrogens (tertiary/aromatic N) is 3. The van der Waals surface area contributed by atoms with Crippen molar-refractivity contribution < 1.29 is 84.3 Å². The van der Waals surface area contributed by atoms with Crippen molar-refractivity contribution in [2.75, 3.05) is 7.11 Å². The van der Waals surface area contributed by atoms with E-state index in [0.29, 0.717) is 0 Å². The van der Waals surface area contributed by atoms with E-state index in [4.69, 9.17) is 29.2 Å². The predicted octanol–water partition coefficient (Wildman–Crippen LogP) is 2.72. The summed E-state index contributed by atoms with van der Waals surface area (Å²) in [6, 6.07) is -1.36. The number of methoxy groups -OCH3 is 1. The van der Waals surface area contributed by atoms with E-state index in [1.54, 1.807) is 86.8 Å². The Labute approximate surface area is 397 Å². The predicted molar refractivity (Wildman–Crippen MR) is 247 cm³/mol. The second kappa shape index (κ2) is 29.2. The number of allylic oxidation sites excluding steroid dienone is 12. The normalized spacial score (nSPS) is 43.8. The summed E-state index contributed by atoms with van der Waals surface area (Å²) in [5.41, 5.74) is 9.10. The van der Waals surface area contributed by atoms with Gasteiger partial charge < -0.3 is 74.7 Å². The number of carbonyl (C=O) groups excluding carboxylic acids is 1. The van der Waals surface area contributed by atoms with E-state index >= 15 is 0 Å². The molecule has 20 nitrogen and oxygen atoms in total. The highest BCUT2D eigenvalue weighted by molar-refractivity contribution is 5.71. The number of azide groups is 1. The number of aliphatic hydroxyl groups is 9. The van der Waals surface area contributed by atoms with Crippen LogP contribution in [-0.2, 0) is 33.3 Å². The van der Waals surface area contributed by atoms with Crippen LogP contribution in [0.3, 0.4) is 0 Å². The molecular formula is C48H73N3O17. The minimum atomic E-state index is -1.82. The van der Waals surface area contributed by atoms with Gasteiger partial charge in [0.25, 0.3) is 0 Å². The molecule has 3 heterocycles. The lowest BCUT2D eigenvalue weighted by Gasteiger charge is -2.47. The zero-order valence-corrected chi connectivity index (χ0v) is 39.3. The molecule has 0 aliphatic carbocycles. The molecule has 3 rings (SSSR count). The molecule has 0 aromatic heterocycles. The molecule has 2 bridgehead atoms. The van der Waals surface area contributed by atoms with Crippen LogP contribution in [0, 0.1) is 17.8 Å². The Morgan fingerprint density at radius 3 is 1.87 bits per heavy atom. The first kappa shape index (κ1) is 58.2. The number of rotatable bonds is 5. The van der Waals surface area contributed by atoms with Crippen molar-refractivity contribution in [3.63, 3.8) is 0 Å². The Kier molecular flexibility index (Phi) is 25.0. The van der Waals surface area contributed by atoms with Gasteiger partial charge >= 0.3 is 11.9 Å². The highest BCUT2D eigenvalue weighted by Crippen LogP contribution is 2.40. The van der Waals surface area contributed by atoms with Crippen LogP contribution in [0.25, 0.3) is 10.4 Å². The number of carboxylic acid groups (broad SMARTS) is 1. The smallest absolute Gasteiger partial charge is 0.311 e. The summed E-state index contributed by atoms with van der Waals surface area (Å²) in [6.45, 7) is 6.70. The lowest BCUT2D eigenvalue weighted by atomic mass is 9.82. The third kappa shape index (κ3) is 18.7. The zero-order valence-electron chi connectivity index (χ0n) is 39.3. The average molecular weight is 964 g/mol. The van der Waals surface area contributed by atoms with Crippen LogP contribution in [-0.4, -0.2) is 168 Å². The molecule has 68 heavy (non-hydrogen) atoms. The first-order valence-electron chi connectivity index (χ1n) is 23.0. The molecule has 0 aromatic rings. The van der Waals surface area contributed by atoms with E-state index in [1.165, 1.54) is 20.1 Å². The maximum atomic E-state index is 12.7. The topological polar surface area (TPSA) is 331 Å². The van der Waals surface area contributed by atoms with E-state index in [2.05, 4.69) is 10.0 Å². The number of hydrogen-bond donors (Lipinski definition) is 10. The van der Waals surface area contributed by atoms with Crippen molar-refractivity contribution in [3.8, 4) is 0 Å². The van der Waals surface area contributed by atoms with Gasteiger partial charge in [-0.05, 0) is 38.6 Å². The number of carbonyl (C=O) groups is 2. The van der Waals surface area contributed by atoms with E-state index in [0.717, 1.165) is 0 Å². The van der Waals surface area contributed by atoms with Crippen LogP contribution >= 0.6 is 0 Å². The van der Waals surface area contributed by atoms with Crippen molar-refractivity contribution in [1.29, 1.82) is 0 Å². The molecule has 2 saturated heterocycles. The van der Waals surface area contributed by atoms with Crippen LogP contribution in [0.15, 0.2) is 90.2 Å². The lowest BCUT2D eigenvalue weighted by Crippen LogP contribution is -2.58. The minimum absolute atomic E-state index is 0.0949. The van der Waals surface area contributed by atoms with Crippen molar-refractivity contribution in [2.45, 2.75) is 177 Å². The summed E-state index contributed by atoms with van der Waals surface area (Å²) >= 11 is 0. The van der Waals surface area contributed by atoms with Crippen molar-refractivity contribution in [1.82, 2.24) is 0 Å². The van der Waals surface area contributed by atoms with Gasteiger partial charge in [-0.15, -0.1) is 0 Å². The number of aliphatic carboxylic acids is 1. The number of aliphatic hydroxyl groups excluding tert-OH is 9. The minimum Gasteiger partial charge on any atom is -0.481 e. The van der Waals surface area contributed by atoms with E-state index < -0.39 is 147 Å². The molecule has 0 radical (unpaired) electrons. The second-order valence-electron chi connectivity index (χ2n) is 17.9. The Morgan fingerprint density at radius 1 is 0.706 bits per heavy atom. The van der Waals surface area contributed by atoms with Gasteiger partial charge in [-0.3, -0.25) is 9.59 Å². The highest BCUT2D eigenvalue weighted by atomic mass is 16.7. The molecule has 0 saturated carbocycles. The van der Waals surface area contributed by atoms with Gasteiger partial charge in [0.05, 0.1) is 79.6 Å². The summed E-state index contributed by atoms with van der Waals surface area (Å²) in [7, 11) is 1.23. The third-order valence-corrected chi connectivity index (χ3v) is 12.5. The highest BCUT2D eigenvalue weighted by Gasteiger charge is 2.52. The number of ether oxygens (including phenoxy) is 5. The second-order valence-corrected chi connectivity index (χ2v) is 17.9. The van der Waals surface area contributed by atoms with Gasteiger partial charge in [0.1, 0.15) is 18.1 Å². The first-order chi connectivity index (χ1) is 32.2. The molecular weight excluding hydrogens is 891 g/mol. The molecule has 3 aliphatic rings. The monoisotopic (exact) mass is 963 g/mol. The van der Waals surface area contributed by atoms with Gasteiger partial charge in [0.2, 0.25) is 0 Å². The van der Waals surface area contributed by atoms with E-state index in [9.17, 15) is 60.7 Å². The Bertz CT molecular complexity index is 1820. The Morgan fingerprint density at radius 2 is 1.29 bits per heavy atom. The SMILES string of the molecule is CO[C@]12C[C@@H](O)CC(O)[C@H](O)CC[C@@H](O)C[C@@H](O)CC(=O)O[C@@H](C)[C@H](C)[C@H](O)[C@@H](C)/C=C/C=C/C=C/C=C/C=C/C=C/C=C/[C@H](O[C@@H]3O[C@H](C)[C@@H](O)[C@H](N=[N+]=[N-])[C@H]3O)C[C@H](O1)[C@H](C(=O)O)[C@@H](O)C2. The van der Waals surface area contributed by atoms with Crippen LogP contribution in [0.1, 0.15) is 79.1 Å². The number of esters is 1. The fourth-order valence-electron chi connectivity index (χ4n) is 8.30. The molecule has 0 spiro atoms. The standard InChI is InChI=1S/C48H73N3O17/c1-28-18-16-14-12-10-8-6-7-9-11-13-15-17-19-35(67-47-45(61)42(50-51-49)44(60)31(4)66-47)25-39-41(46(62)63)38(57)27-48(64-5,68-39)26-34(54)23-37(56)36(55)21-20-32(52)22-33(53)24-40(58)65-30(3)29(2)43(28)59/h6-19,28-39,41-45,47,52-57,59-61H,20-27H2,1-5H3,(H,62,63)/b7-6+,10-8+,11-9+,14-12+,15-13+,18-16+,19-17+/t28-,29-,30-,31+,32+,33+,34-,35-,36+,37?,38-,39-,41+,42-,43+,44+,45+,47-,48+/m0/s1. The van der Waals surface area contributed by atoms with E-state index in [-0.39, 0.29) is 31.6 Å². The fraction of sp³-hybridized carbons (Fsp3) is 0.667. The molecule has 20 heteroatoms. The quantitative estimate of drug-likeness (QED) is 0.0819. The summed E-state index contributed by atoms with van der Waals surface area (Å²) in [5.74, 6) is -6.26. The van der Waals surface area contributed by atoms with E-state index in [1.807, 2.05) is 13.0 Å². The number of carboxylic acids is 1. The first-order valence-corrected chi connectivity index (χ1v) is 23.0. The van der Waals surface area contributed by atoms with Crippen LogP contribution in [0.2, 0.25) is 0 Å². The van der Waals surface area contributed by atoms with Gasteiger partial charge in [-0.25, -0.2) is 0 Å². The summed E-state index contributed by atoms with van der Waals surface area (Å²) < 4.78 is 29.3. The molecule has 19 atom stereocenters. The number of hydrogen-bond acceptors (Lipinski definition) is 17. The summed E-state index contributed by atoms with van der Waals surface area (Å²) in [5, 5.41) is 112. The molecule has 382 valence electrons. The number of cyclic esters (lactones) is 1. The lowest BCUT2D eigenvalue weighted by molar-refractivity contribution is -0.317. The molecule has 3 aliphatic heterocycles. The largest absolute Gasteiger partial charge is 0.481 e. The van der Waals surface area contributed by atoms with Crippen molar-refractivity contribution in [2.24, 2.45) is 22.9 Å². The molecule has 0 amide bonds.